The molecule has 1 amide bonds. The Kier molecular flexibility index (Phi) is 6.05. The number of aromatic nitrogens is 1. The molecule has 0 bridgehead atoms. The van der Waals surface area contributed by atoms with Gasteiger partial charge in [-0.3, -0.25) is 4.79 Å². The van der Waals surface area contributed by atoms with Crippen LogP contribution in [0.3, 0.4) is 0 Å². The van der Waals surface area contributed by atoms with Gasteiger partial charge in [-0.1, -0.05) is 18.2 Å². The van der Waals surface area contributed by atoms with Crippen LogP contribution in [-0.2, 0) is 10.0 Å². The normalized spacial score (nSPS) is 11.5. The summed E-state index contributed by atoms with van der Waals surface area (Å²) in [5.74, 6) is -0.319. The number of aryl methyl sites for hydroxylation is 2. The Morgan fingerprint density at radius 3 is 2.70 bits per heavy atom. The van der Waals surface area contributed by atoms with E-state index in [0.717, 1.165) is 15.4 Å². The van der Waals surface area contributed by atoms with Crippen molar-refractivity contribution in [2.45, 2.75) is 18.7 Å². The quantitative estimate of drug-likeness (QED) is 0.574. The summed E-state index contributed by atoms with van der Waals surface area (Å²) >= 11 is 2.97. The van der Waals surface area contributed by atoms with Crippen LogP contribution in [0.25, 0.3) is 9.88 Å². The third-order valence-electron chi connectivity index (χ3n) is 3.80. The number of hydrogen-bond acceptors (Lipinski definition) is 6. The maximum atomic E-state index is 12.4. The molecule has 0 atom stereocenters. The van der Waals surface area contributed by atoms with Crippen molar-refractivity contribution < 1.29 is 13.2 Å². The summed E-state index contributed by atoms with van der Waals surface area (Å²) in [6, 6.07) is 9.17. The molecule has 2 heterocycles. The molecule has 27 heavy (non-hydrogen) atoms. The van der Waals surface area contributed by atoms with E-state index in [9.17, 15) is 13.2 Å². The molecule has 0 aliphatic rings. The number of carbonyl (C=O) groups is 1. The van der Waals surface area contributed by atoms with Crippen LogP contribution in [0.1, 0.15) is 21.6 Å². The zero-order valence-electron chi connectivity index (χ0n) is 14.9. The molecule has 2 N–H and O–H groups in total. The molecular weight excluding hydrogens is 402 g/mol. The van der Waals surface area contributed by atoms with Gasteiger partial charge in [-0.2, -0.15) is 0 Å². The molecular formula is C18H19N3O3S3. The average Bonchev–Trinajstić information content (AvgIpc) is 3.31. The first-order valence-electron chi connectivity index (χ1n) is 8.21. The highest BCUT2D eigenvalue weighted by molar-refractivity contribution is 7.89. The summed E-state index contributed by atoms with van der Waals surface area (Å²) in [7, 11) is -3.62. The minimum absolute atomic E-state index is 0.101. The summed E-state index contributed by atoms with van der Waals surface area (Å²) in [5, 5.41) is 7.14. The molecule has 1 aromatic carbocycles. The Balaban J connectivity index is 1.54. The number of nitrogens with one attached hydrogen (secondary N) is 2. The second-order valence-corrected chi connectivity index (χ2v) is 9.48. The fourth-order valence-electron chi connectivity index (χ4n) is 2.42. The van der Waals surface area contributed by atoms with E-state index >= 15 is 0 Å². The molecule has 0 aliphatic carbocycles. The third-order valence-corrected chi connectivity index (χ3v) is 7.29. The Morgan fingerprint density at radius 1 is 1.15 bits per heavy atom. The van der Waals surface area contributed by atoms with Crippen LogP contribution >= 0.6 is 22.7 Å². The van der Waals surface area contributed by atoms with Crippen molar-refractivity contribution in [2.75, 3.05) is 13.1 Å². The van der Waals surface area contributed by atoms with Crippen molar-refractivity contribution >= 4 is 38.6 Å². The number of hydrogen-bond donors (Lipinski definition) is 2. The number of rotatable bonds is 7. The number of benzene rings is 1. The van der Waals surface area contributed by atoms with E-state index in [1.165, 1.54) is 11.3 Å². The van der Waals surface area contributed by atoms with Crippen LogP contribution in [0.4, 0.5) is 0 Å². The first kappa shape index (κ1) is 19.7. The topological polar surface area (TPSA) is 88.2 Å². The molecule has 3 rings (SSSR count). The molecule has 0 spiro atoms. The minimum Gasteiger partial charge on any atom is -0.349 e. The molecule has 142 valence electrons. The summed E-state index contributed by atoms with van der Waals surface area (Å²) in [6.45, 7) is 3.87. The predicted molar refractivity (Wildman–Crippen MR) is 109 cm³/mol. The lowest BCUT2D eigenvalue weighted by molar-refractivity contribution is 0.0950. The van der Waals surface area contributed by atoms with Gasteiger partial charge in [0.15, 0.2) is 0 Å². The largest absolute Gasteiger partial charge is 0.349 e. The maximum Gasteiger partial charge on any atom is 0.270 e. The van der Waals surface area contributed by atoms with Crippen molar-refractivity contribution in [3.63, 3.8) is 0 Å². The molecule has 0 saturated carbocycles. The smallest absolute Gasteiger partial charge is 0.270 e. The molecule has 9 heteroatoms. The Bertz CT molecular complexity index is 1040. The molecule has 3 aromatic rings. The zero-order valence-corrected chi connectivity index (χ0v) is 17.3. The number of thiophene rings is 1. The lowest BCUT2D eigenvalue weighted by atomic mass is 10.2. The van der Waals surface area contributed by atoms with Gasteiger partial charge in [0.25, 0.3) is 5.91 Å². The van der Waals surface area contributed by atoms with Crippen LogP contribution in [0, 0.1) is 13.8 Å². The number of amides is 1. The molecule has 0 fully saturated rings. The molecule has 0 radical (unpaired) electrons. The zero-order chi connectivity index (χ0) is 19.4. The van der Waals surface area contributed by atoms with E-state index in [2.05, 4.69) is 15.0 Å². The maximum absolute atomic E-state index is 12.4. The molecule has 0 saturated heterocycles. The van der Waals surface area contributed by atoms with Crippen molar-refractivity contribution in [1.29, 1.82) is 0 Å². The lowest BCUT2D eigenvalue weighted by Gasteiger charge is -2.10. The fraction of sp³-hybridized carbons (Fsp3) is 0.222. The monoisotopic (exact) mass is 421 g/mol. The van der Waals surface area contributed by atoms with E-state index in [1.807, 2.05) is 30.5 Å². The Hall–Kier alpha value is -2.07. The molecule has 6 nitrogen and oxygen atoms in total. The molecule has 0 aliphatic heterocycles. The van der Waals surface area contributed by atoms with E-state index in [1.54, 1.807) is 35.8 Å². The number of thiazole rings is 1. The minimum atomic E-state index is -3.62. The fourth-order valence-corrected chi connectivity index (χ4v) is 5.39. The first-order chi connectivity index (χ1) is 12.9. The second kappa shape index (κ2) is 8.30. The van der Waals surface area contributed by atoms with E-state index in [0.29, 0.717) is 11.3 Å². The van der Waals surface area contributed by atoms with Gasteiger partial charge in [-0.25, -0.2) is 18.1 Å². The Labute approximate surface area is 166 Å². The van der Waals surface area contributed by atoms with Crippen molar-refractivity contribution in [2.24, 2.45) is 0 Å². The number of sulfonamides is 1. The number of carbonyl (C=O) groups excluding carboxylic acids is 1. The van der Waals surface area contributed by atoms with Crippen molar-refractivity contribution in [3.8, 4) is 9.88 Å². The highest BCUT2D eigenvalue weighted by atomic mass is 32.2. The van der Waals surface area contributed by atoms with E-state index < -0.39 is 10.0 Å². The van der Waals surface area contributed by atoms with Gasteiger partial charge in [0.05, 0.1) is 9.77 Å². The summed E-state index contributed by atoms with van der Waals surface area (Å²) in [4.78, 5) is 17.8. The van der Waals surface area contributed by atoms with Gasteiger partial charge in [-0.15, -0.1) is 22.7 Å². The molecule has 2 aromatic heterocycles. The highest BCUT2D eigenvalue weighted by Crippen LogP contribution is 2.27. The van der Waals surface area contributed by atoms with E-state index in [4.69, 9.17) is 0 Å². The third kappa shape index (κ3) is 4.81. The SMILES string of the molecule is Cc1ccc(C)c(S(=O)(=O)NCCNC(=O)c2csc(-c3cccs3)n2)c1. The second-order valence-electron chi connectivity index (χ2n) is 5.94. The van der Waals surface area contributed by atoms with Crippen LogP contribution in [0.15, 0.2) is 46.0 Å². The van der Waals surface area contributed by atoms with Crippen molar-refractivity contribution in [1.82, 2.24) is 15.0 Å². The van der Waals surface area contributed by atoms with Gasteiger partial charge in [0, 0.05) is 18.5 Å². The van der Waals surface area contributed by atoms with Gasteiger partial charge in [0.1, 0.15) is 10.7 Å². The van der Waals surface area contributed by atoms with Crippen molar-refractivity contribution in [3.05, 3.63) is 57.9 Å². The van der Waals surface area contributed by atoms with Crippen LogP contribution < -0.4 is 10.0 Å². The lowest BCUT2D eigenvalue weighted by Crippen LogP contribution is -2.35. The van der Waals surface area contributed by atoms with Crippen LogP contribution in [-0.4, -0.2) is 32.4 Å². The highest BCUT2D eigenvalue weighted by Gasteiger charge is 2.17. The number of nitrogens with zero attached hydrogens (tertiary/aromatic N) is 1. The molecule has 0 unspecified atom stereocenters. The average molecular weight is 422 g/mol. The van der Waals surface area contributed by atoms with Gasteiger partial charge < -0.3 is 5.32 Å². The summed E-state index contributed by atoms with van der Waals surface area (Å²) < 4.78 is 27.4. The standard InChI is InChI=1S/C18H19N3O3S3/c1-12-5-6-13(2)16(10-12)27(23,24)20-8-7-19-17(22)14-11-26-18(21-14)15-4-3-9-25-15/h3-6,9-11,20H,7-8H2,1-2H3,(H,19,22). The summed E-state index contributed by atoms with van der Waals surface area (Å²) in [5.41, 5.74) is 1.89. The Morgan fingerprint density at radius 2 is 1.96 bits per heavy atom. The van der Waals surface area contributed by atoms with Crippen LogP contribution in [0.2, 0.25) is 0 Å². The van der Waals surface area contributed by atoms with Gasteiger partial charge in [0.2, 0.25) is 10.0 Å². The predicted octanol–water partition coefficient (Wildman–Crippen LogP) is 3.20. The summed E-state index contributed by atoms with van der Waals surface area (Å²) in [6.07, 6.45) is 0. The van der Waals surface area contributed by atoms with E-state index in [-0.39, 0.29) is 23.9 Å². The van der Waals surface area contributed by atoms with Gasteiger partial charge in [-0.05, 0) is 42.5 Å². The van der Waals surface area contributed by atoms with Gasteiger partial charge >= 0.3 is 0 Å². The first-order valence-corrected chi connectivity index (χ1v) is 11.5. The van der Waals surface area contributed by atoms with Crippen LogP contribution in [0.5, 0.6) is 0 Å².